The number of carbonyl (C=O) groups excluding carboxylic acids is 1. The highest BCUT2D eigenvalue weighted by atomic mass is 35.5. The predicted octanol–water partition coefficient (Wildman–Crippen LogP) is 2.46. The van der Waals surface area contributed by atoms with Crippen LogP contribution in [0.2, 0.25) is 0 Å². The molecule has 0 saturated carbocycles. The van der Waals surface area contributed by atoms with Crippen molar-refractivity contribution in [2.24, 2.45) is 5.73 Å². The predicted molar refractivity (Wildman–Crippen MR) is 64.2 cm³/mol. The molecule has 15 heavy (non-hydrogen) atoms. The summed E-state index contributed by atoms with van der Waals surface area (Å²) in [6.07, 6.45) is 0.754. The van der Waals surface area contributed by atoms with Gasteiger partial charge in [-0.3, -0.25) is 0 Å². The number of hydrogen-bond acceptors (Lipinski definition) is 2. The Labute approximate surface area is 94.5 Å². The zero-order valence-corrected chi connectivity index (χ0v) is 8.91. The number of fused-ring (bicyclic) bond motifs is 1. The molecular formula is C12H12ClNO. The van der Waals surface area contributed by atoms with E-state index in [0.29, 0.717) is 0 Å². The lowest BCUT2D eigenvalue weighted by Gasteiger charge is -2.05. The Morgan fingerprint density at radius 2 is 1.73 bits per heavy atom. The molecule has 0 bridgehead atoms. The number of rotatable bonds is 2. The van der Waals surface area contributed by atoms with Crippen molar-refractivity contribution in [1.29, 1.82) is 0 Å². The summed E-state index contributed by atoms with van der Waals surface area (Å²) >= 11 is 0. The number of benzene rings is 2. The van der Waals surface area contributed by atoms with E-state index in [2.05, 4.69) is 0 Å². The lowest BCUT2D eigenvalue weighted by Crippen LogP contribution is -2.10. The van der Waals surface area contributed by atoms with Crippen molar-refractivity contribution in [3.05, 3.63) is 48.0 Å². The molecule has 2 N–H and O–H groups in total. The van der Waals surface area contributed by atoms with Gasteiger partial charge in [-0.2, -0.15) is 0 Å². The minimum atomic E-state index is -0.514. The fraction of sp³-hybridized carbons (Fsp3) is 0.0833. The fourth-order valence-electron chi connectivity index (χ4n) is 1.49. The van der Waals surface area contributed by atoms with Gasteiger partial charge in [0.1, 0.15) is 6.29 Å². The summed E-state index contributed by atoms with van der Waals surface area (Å²) in [6, 6.07) is 13.3. The lowest BCUT2D eigenvalue weighted by molar-refractivity contribution is -0.109. The molecule has 0 aliphatic carbocycles. The molecule has 0 aromatic heterocycles. The summed E-state index contributed by atoms with van der Waals surface area (Å²) in [5.74, 6) is 0. The number of aldehydes is 1. The van der Waals surface area contributed by atoms with Gasteiger partial charge in [-0.1, -0.05) is 36.4 Å². The molecule has 1 unspecified atom stereocenters. The van der Waals surface area contributed by atoms with E-state index < -0.39 is 6.04 Å². The van der Waals surface area contributed by atoms with Gasteiger partial charge in [0, 0.05) is 0 Å². The van der Waals surface area contributed by atoms with Crippen LogP contribution in [0.1, 0.15) is 11.6 Å². The number of carbonyl (C=O) groups is 1. The van der Waals surface area contributed by atoms with Gasteiger partial charge >= 0.3 is 0 Å². The zero-order valence-electron chi connectivity index (χ0n) is 8.09. The van der Waals surface area contributed by atoms with Gasteiger partial charge in [0.15, 0.2) is 0 Å². The third-order valence-electron chi connectivity index (χ3n) is 2.31. The monoisotopic (exact) mass is 221 g/mol. The van der Waals surface area contributed by atoms with Crippen LogP contribution in [0, 0.1) is 0 Å². The average molecular weight is 222 g/mol. The van der Waals surface area contributed by atoms with Crippen LogP contribution in [0.15, 0.2) is 42.5 Å². The minimum Gasteiger partial charge on any atom is -0.318 e. The van der Waals surface area contributed by atoms with Gasteiger partial charge < -0.3 is 10.5 Å². The molecule has 0 spiro atoms. The molecule has 2 aromatic rings. The Bertz CT molecular complexity index is 470. The average Bonchev–Trinajstić information content (AvgIpc) is 2.27. The quantitative estimate of drug-likeness (QED) is 0.792. The topological polar surface area (TPSA) is 43.1 Å². The van der Waals surface area contributed by atoms with Crippen LogP contribution in [0.4, 0.5) is 0 Å². The lowest BCUT2D eigenvalue weighted by atomic mass is 10.0. The highest BCUT2D eigenvalue weighted by Gasteiger charge is 2.03. The highest BCUT2D eigenvalue weighted by Crippen LogP contribution is 2.18. The zero-order chi connectivity index (χ0) is 9.97. The van der Waals surface area contributed by atoms with Crippen molar-refractivity contribution < 1.29 is 4.79 Å². The van der Waals surface area contributed by atoms with Crippen molar-refractivity contribution in [2.75, 3.05) is 0 Å². The number of hydrogen-bond donors (Lipinski definition) is 1. The maximum absolute atomic E-state index is 10.5. The largest absolute Gasteiger partial charge is 0.318 e. The Kier molecular flexibility index (Phi) is 3.83. The first-order valence-electron chi connectivity index (χ1n) is 4.51. The second-order valence-electron chi connectivity index (χ2n) is 3.27. The van der Waals surface area contributed by atoms with Crippen LogP contribution in [0.25, 0.3) is 10.8 Å². The molecule has 0 aliphatic heterocycles. The van der Waals surface area contributed by atoms with E-state index in [0.717, 1.165) is 22.6 Å². The second-order valence-corrected chi connectivity index (χ2v) is 3.27. The molecule has 0 radical (unpaired) electrons. The van der Waals surface area contributed by atoms with Crippen molar-refractivity contribution in [2.45, 2.75) is 6.04 Å². The molecule has 3 heteroatoms. The van der Waals surface area contributed by atoms with Crippen molar-refractivity contribution in [1.82, 2.24) is 0 Å². The molecule has 2 rings (SSSR count). The van der Waals surface area contributed by atoms with Crippen molar-refractivity contribution in [3.63, 3.8) is 0 Å². The molecule has 0 fully saturated rings. The summed E-state index contributed by atoms with van der Waals surface area (Å²) < 4.78 is 0. The van der Waals surface area contributed by atoms with Crippen LogP contribution in [-0.4, -0.2) is 6.29 Å². The van der Waals surface area contributed by atoms with Crippen LogP contribution >= 0.6 is 12.4 Å². The van der Waals surface area contributed by atoms with Crippen molar-refractivity contribution >= 4 is 29.5 Å². The molecule has 78 valence electrons. The first-order chi connectivity index (χ1) is 6.81. The smallest absolute Gasteiger partial charge is 0.141 e. The molecule has 2 aromatic carbocycles. The summed E-state index contributed by atoms with van der Waals surface area (Å²) in [5, 5.41) is 2.27. The maximum atomic E-state index is 10.5. The van der Waals surface area contributed by atoms with E-state index >= 15 is 0 Å². The van der Waals surface area contributed by atoms with Crippen LogP contribution < -0.4 is 5.73 Å². The van der Waals surface area contributed by atoms with E-state index in [1.807, 2.05) is 42.5 Å². The molecule has 0 aliphatic rings. The minimum absolute atomic E-state index is 0. The maximum Gasteiger partial charge on any atom is 0.141 e. The first-order valence-corrected chi connectivity index (χ1v) is 4.51. The first kappa shape index (κ1) is 11.7. The third kappa shape index (κ3) is 2.35. The van der Waals surface area contributed by atoms with Gasteiger partial charge in [-0.25, -0.2) is 0 Å². The molecule has 2 nitrogen and oxygen atoms in total. The summed E-state index contributed by atoms with van der Waals surface area (Å²) in [7, 11) is 0. The molecule has 1 atom stereocenters. The van der Waals surface area contributed by atoms with Gasteiger partial charge in [0.05, 0.1) is 6.04 Å². The third-order valence-corrected chi connectivity index (χ3v) is 2.31. The standard InChI is InChI=1S/C12H11NO.ClH/c13-12(8-14)11-6-5-9-3-1-2-4-10(9)7-11;/h1-8,12H,13H2;1H. The Morgan fingerprint density at radius 3 is 2.40 bits per heavy atom. The van der Waals surface area contributed by atoms with Gasteiger partial charge in [0.25, 0.3) is 0 Å². The van der Waals surface area contributed by atoms with Crippen LogP contribution in [-0.2, 0) is 4.79 Å². The van der Waals surface area contributed by atoms with E-state index in [1.165, 1.54) is 0 Å². The molecule has 0 amide bonds. The van der Waals surface area contributed by atoms with Crippen molar-refractivity contribution in [3.8, 4) is 0 Å². The Hall–Kier alpha value is -1.38. The van der Waals surface area contributed by atoms with E-state index in [9.17, 15) is 4.79 Å². The SMILES string of the molecule is Cl.NC(C=O)c1ccc2ccccc2c1. The van der Waals surface area contributed by atoms with Crippen LogP contribution in [0.5, 0.6) is 0 Å². The van der Waals surface area contributed by atoms with Crippen LogP contribution in [0.3, 0.4) is 0 Å². The van der Waals surface area contributed by atoms with Gasteiger partial charge in [0.2, 0.25) is 0 Å². The summed E-state index contributed by atoms with van der Waals surface area (Å²) in [6.45, 7) is 0. The molecular weight excluding hydrogens is 210 g/mol. The molecule has 0 heterocycles. The normalized spacial score (nSPS) is 11.8. The Balaban J connectivity index is 0.00000112. The van der Waals surface area contributed by atoms with E-state index in [4.69, 9.17) is 5.73 Å². The highest BCUT2D eigenvalue weighted by molar-refractivity contribution is 5.85. The van der Waals surface area contributed by atoms with E-state index in [1.54, 1.807) is 0 Å². The van der Waals surface area contributed by atoms with E-state index in [-0.39, 0.29) is 12.4 Å². The summed E-state index contributed by atoms with van der Waals surface area (Å²) in [5.41, 5.74) is 6.48. The molecule has 0 saturated heterocycles. The summed E-state index contributed by atoms with van der Waals surface area (Å²) in [4.78, 5) is 10.5. The second kappa shape index (κ2) is 4.91. The Morgan fingerprint density at radius 1 is 1.07 bits per heavy atom. The number of halogens is 1. The van der Waals surface area contributed by atoms with Gasteiger partial charge in [-0.15, -0.1) is 12.4 Å². The number of nitrogens with two attached hydrogens (primary N) is 1. The fourth-order valence-corrected chi connectivity index (χ4v) is 1.49. The van der Waals surface area contributed by atoms with Gasteiger partial charge in [-0.05, 0) is 22.4 Å².